The van der Waals surface area contributed by atoms with Crippen LogP contribution in [-0.2, 0) is 0 Å². The lowest BCUT2D eigenvalue weighted by Gasteiger charge is -2.36. The summed E-state index contributed by atoms with van der Waals surface area (Å²) in [7, 11) is 0. The number of amides is 1. The van der Waals surface area contributed by atoms with Gasteiger partial charge in [-0.15, -0.1) is 0 Å². The molecule has 2 unspecified atom stereocenters. The Balaban J connectivity index is 1.36. The van der Waals surface area contributed by atoms with Crippen LogP contribution in [-0.4, -0.2) is 49.8 Å². The van der Waals surface area contributed by atoms with E-state index >= 15 is 0 Å². The van der Waals surface area contributed by atoms with Crippen molar-refractivity contribution in [1.29, 1.82) is 0 Å². The summed E-state index contributed by atoms with van der Waals surface area (Å²) in [6.07, 6.45) is 6.56. The fourth-order valence-electron chi connectivity index (χ4n) is 5.66. The number of piperidine rings is 1. The number of likely N-dealkylation sites (tertiary alicyclic amines) is 1. The summed E-state index contributed by atoms with van der Waals surface area (Å²) < 4.78 is 1.93. The topological polar surface area (TPSA) is 74.0 Å². The van der Waals surface area contributed by atoms with E-state index in [0.717, 1.165) is 66.9 Å². The molecule has 2 aliphatic heterocycles. The summed E-state index contributed by atoms with van der Waals surface area (Å²) in [4.78, 5) is 22.9. The van der Waals surface area contributed by atoms with E-state index in [-0.39, 0.29) is 11.9 Å². The van der Waals surface area contributed by atoms with Crippen LogP contribution in [0.3, 0.4) is 0 Å². The largest absolute Gasteiger partial charge is 0.374 e. The molecule has 4 heterocycles. The first-order chi connectivity index (χ1) is 16.5. The van der Waals surface area contributed by atoms with E-state index in [1.54, 1.807) is 0 Å². The highest BCUT2D eigenvalue weighted by molar-refractivity contribution is 6.00. The van der Waals surface area contributed by atoms with Gasteiger partial charge in [0.1, 0.15) is 6.23 Å². The summed E-state index contributed by atoms with van der Waals surface area (Å²) in [5.74, 6) is 0.624. The first-order valence-electron chi connectivity index (χ1n) is 12.7. The molecule has 0 bridgehead atoms. The second-order valence-electron chi connectivity index (χ2n) is 10.3. The van der Waals surface area contributed by atoms with Gasteiger partial charge in [0.15, 0.2) is 5.65 Å². The summed E-state index contributed by atoms with van der Waals surface area (Å²) in [5.41, 5.74) is 6.64. The summed E-state index contributed by atoms with van der Waals surface area (Å²) >= 11 is 0. The van der Waals surface area contributed by atoms with Crippen molar-refractivity contribution in [2.45, 2.75) is 77.0 Å². The molecule has 2 aromatic heterocycles. The number of anilines is 1. The molecular weight excluding hydrogens is 426 g/mol. The van der Waals surface area contributed by atoms with Crippen LogP contribution in [0, 0.1) is 13.8 Å². The van der Waals surface area contributed by atoms with Crippen LogP contribution in [0.15, 0.2) is 30.3 Å². The highest BCUT2D eigenvalue weighted by atomic mass is 16.3. The molecule has 3 aromatic rings. The van der Waals surface area contributed by atoms with Crippen LogP contribution in [0.2, 0.25) is 0 Å². The average molecular weight is 460 g/mol. The van der Waals surface area contributed by atoms with Gasteiger partial charge >= 0.3 is 0 Å². The Morgan fingerprint density at radius 1 is 0.971 bits per heavy atom. The van der Waals surface area contributed by atoms with E-state index in [2.05, 4.69) is 19.1 Å². The first-order valence-corrected chi connectivity index (χ1v) is 12.7. The van der Waals surface area contributed by atoms with Gasteiger partial charge < -0.3 is 14.9 Å². The molecule has 1 saturated carbocycles. The number of aryl methyl sites for hydroxylation is 2. The molecule has 6 rings (SSSR count). The maximum absolute atomic E-state index is 14.0. The molecule has 7 heteroatoms. The minimum absolute atomic E-state index is 0.0305. The Kier molecular flexibility index (Phi) is 5.32. The predicted octanol–water partition coefficient (Wildman–Crippen LogP) is 4.51. The normalized spacial score (nSPS) is 23.1. The highest BCUT2D eigenvalue weighted by Crippen LogP contribution is 2.40. The van der Waals surface area contributed by atoms with Crippen LogP contribution in [0.25, 0.3) is 5.65 Å². The lowest BCUT2D eigenvalue weighted by atomic mass is 9.97. The van der Waals surface area contributed by atoms with Crippen molar-refractivity contribution >= 4 is 17.2 Å². The number of aliphatic hydroxyl groups is 1. The molecule has 0 radical (unpaired) electrons. The third kappa shape index (κ3) is 3.76. The van der Waals surface area contributed by atoms with Gasteiger partial charge in [0.25, 0.3) is 5.91 Å². The van der Waals surface area contributed by atoms with Crippen molar-refractivity contribution < 1.29 is 9.90 Å². The Bertz CT molecular complexity index is 1250. The van der Waals surface area contributed by atoms with Gasteiger partial charge in [-0.1, -0.05) is 11.6 Å². The zero-order chi connectivity index (χ0) is 23.4. The van der Waals surface area contributed by atoms with Crippen molar-refractivity contribution in [3.05, 3.63) is 58.5 Å². The van der Waals surface area contributed by atoms with Gasteiger partial charge in [-0.05, 0) is 77.0 Å². The second-order valence-corrected chi connectivity index (χ2v) is 10.3. The molecule has 0 spiro atoms. The van der Waals surface area contributed by atoms with Crippen molar-refractivity contribution in [3.8, 4) is 0 Å². The number of fused-ring (bicyclic) bond motifs is 1. The van der Waals surface area contributed by atoms with Crippen LogP contribution in [0.4, 0.5) is 5.69 Å². The average Bonchev–Trinajstić information content (AvgIpc) is 3.46. The Morgan fingerprint density at radius 3 is 2.59 bits per heavy atom. The number of rotatable bonds is 4. The Labute approximate surface area is 200 Å². The standard InChI is InChI=1S/C27H33N5O2/c1-17-8-11-23(30-13-5-7-26(30)33)20(14-17)27(34)31-12-4-3-6-24(31)22-16-25-28-21(19-9-10-19)15-18(2)32(25)29-22/h8,11,14-16,19,24,26,33H,3-7,9-10,12-13H2,1-2H3. The summed E-state index contributed by atoms with van der Waals surface area (Å²) in [6.45, 7) is 5.59. The number of hydrogen-bond acceptors (Lipinski definition) is 5. The molecular formula is C27H33N5O2. The van der Waals surface area contributed by atoms with Gasteiger partial charge in [-0.25, -0.2) is 9.50 Å². The molecule has 1 aliphatic carbocycles. The molecule has 7 nitrogen and oxygen atoms in total. The number of aliphatic hydroxyl groups excluding tert-OH is 1. The summed E-state index contributed by atoms with van der Waals surface area (Å²) in [6, 6.07) is 10.2. The SMILES string of the molecule is Cc1ccc(N2CCCC2O)c(C(=O)N2CCCCC2c2cc3nc(C4CC4)cc(C)n3n2)c1. The van der Waals surface area contributed by atoms with E-state index < -0.39 is 6.23 Å². The number of carbonyl (C=O) groups excluding carboxylic acids is 1. The van der Waals surface area contributed by atoms with Gasteiger partial charge in [-0.3, -0.25) is 4.79 Å². The van der Waals surface area contributed by atoms with Crippen LogP contribution in [0.1, 0.15) is 89.9 Å². The number of benzene rings is 1. The van der Waals surface area contributed by atoms with Crippen LogP contribution < -0.4 is 4.90 Å². The number of nitrogens with zero attached hydrogens (tertiary/aromatic N) is 5. The molecule has 1 N–H and O–H groups in total. The predicted molar refractivity (Wildman–Crippen MR) is 131 cm³/mol. The van der Waals surface area contributed by atoms with E-state index in [1.165, 1.54) is 18.5 Å². The van der Waals surface area contributed by atoms with Crippen molar-refractivity contribution in [3.63, 3.8) is 0 Å². The number of hydrogen-bond donors (Lipinski definition) is 1. The molecule has 2 saturated heterocycles. The van der Waals surface area contributed by atoms with Gasteiger partial charge in [-0.2, -0.15) is 5.10 Å². The molecule has 2 atom stereocenters. The maximum atomic E-state index is 14.0. The zero-order valence-electron chi connectivity index (χ0n) is 20.1. The molecule has 1 aromatic carbocycles. The van der Waals surface area contributed by atoms with E-state index in [1.807, 2.05) is 39.4 Å². The van der Waals surface area contributed by atoms with E-state index in [9.17, 15) is 9.90 Å². The van der Waals surface area contributed by atoms with E-state index in [0.29, 0.717) is 18.0 Å². The second kappa shape index (κ2) is 8.38. The molecule has 178 valence electrons. The Morgan fingerprint density at radius 2 is 1.82 bits per heavy atom. The van der Waals surface area contributed by atoms with Crippen LogP contribution >= 0.6 is 0 Å². The van der Waals surface area contributed by atoms with Crippen molar-refractivity contribution in [2.75, 3.05) is 18.0 Å². The fourth-order valence-corrected chi connectivity index (χ4v) is 5.66. The molecule has 3 aliphatic rings. The highest BCUT2D eigenvalue weighted by Gasteiger charge is 2.34. The number of aromatic nitrogens is 3. The van der Waals surface area contributed by atoms with Crippen molar-refractivity contribution in [1.82, 2.24) is 19.5 Å². The smallest absolute Gasteiger partial charge is 0.256 e. The number of carbonyl (C=O) groups is 1. The Hall–Kier alpha value is -2.93. The van der Waals surface area contributed by atoms with Gasteiger partial charge in [0.2, 0.25) is 0 Å². The lowest BCUT2D eigenvalue weighted by Crippen LogP contribution is -2.40. The van der Waals surface area contributed by atoms with Gasteiger partial charge in [0, 0.05) is 36.5 Å². The lowest BCUT2D eigenvalue weighted by molar-refractivity contribution is 0.0606. The monoisotopic (exact) mass is 459 g/mol. The van der Waals surface area contributed by atoms with Crippen molar-refractivity contribution in [2.24, 2.45) is 0 Å². The van der Waals surface area contributed by atoms with Gasteiger partial charge in [0.05, 0.1) is 23.0 Å². The molecule has 1 amide bonds. The zero-order valence-corrected chi connectivity index (χ0v) is 20.1. The maximum Gasteiger partial charge on any atom is 0.256 e. The summed E-state index contributed by atoms with van der Waals surface area (Å²) in [5, 5.41) is 15.4. The molecule has 34 heavy (non-hydrogen) atoms. The fraction of sp³-hybridized carbons (Fsp3) is 0.519. The van der Waals surface area contributed by atoms with E-state index in [4.69, 9.17) is 10.1 Å². The van der Waals surface area contributed by atoms with Crippen LogP contribution in [0.5, 0.6) is 0 Å². The third-order valence-corrected chi connectivity index (χ3v) is 7.66. The third-order valence-electron chi connectivity index (χ3n) is 7.66. The quantitative estimate of drug-likeness (QED) is 0.621. The molecule has 3 fully saturated rings. The minimum atomic E-state index is -0.528. The first kappa shape index (κ1) is 21.6. The minimum Gasteiger partial charge on any atom is -0.374 e.